The summed E-state index contributed by atoms with van der Waals surface area (Å²) in [6, 6.07) is 0. The third kappa shape index (κ3) is 18.3. The van der Waals surface area contributed by atoms with Crippen LogP contribution in [0.3, 0.4) is 0 Å². The first-order valence-electron chi connectivity index (χ1n) is 5.91. The number of unbranched alkanes of at least 4 members (excludes halogenated alkanes) is 9. The molecule has 0 aromatic carbocycles. The zero-order valence-electron chi connectivity index (χ0n) is 10.2. The molecule has 0 aliphatic carbocycles. The van der Waals surface area contributed by atoms with Gasteiger partial charge in [0.2, 0.25) is 0 Å². The van der Waals surface area contributed by atoms with Crippen molar-refractivity contribution in [1.82, 2.24) is 6.15 Å². The molecule has 0 saturated heterocycles. The molecule has 2 heteroatoms. The predicted octanol–water partition coefficient (Wildman–Crippen LogP) is 5.67. The second kappa shape index (κ2) is 19.1. The molecular formula is C12H30BrN. The van der Waals surface area contributed by atoms with Crippen molar-refractivity contribution in [3.05, 3.63) is 0 Å². The van der Waals surface area contributed by atoms with E-state index in [2.05, 4.69) is 13.8 Å². The quantitative estimate of drug-likeness (QED) is 0.537. The highest BCUT2D eigenvalue weighted by atomic mass is 79.9. The van der Waals surface area contributed by atoms with Gasteiger partial charge in [-0.25, -0.2) is 0 Å². The fourth-order valence-electron chi connectivity index (χ4n) is 1.56. The molecule has 0 fully saturated rings. The molecule has 0 aliphatic rings. The zero-order chi connectivity index (χ0) is 9.07. The molecule has 0 saturated carbocycles. The number of halogens is 1. The lowest BCUT2D eigenvalue weighted by Gasteiger charge is -1.99. The van der Waals surface area contributed by atoms with Gasteiger partial charge < -0.3 is 6.15 Å². The summed E-state index contributed by atoms with van der Waals surface area (Å²) in [6.45, 7) is 4.56. The van der Waals surface area contributed by atoms with Gasteiger partial charge in [-0.2, -0.15) is 0 Å². The minimum Gasteiger partial charge on any atom is -0.344 e. The first-order valence-corrected chi connectivity index (χ1v) is 5.91. The molecule has 90 valence electrons. The molecule has 0 aromatic heterocycles. The maximum Gasteiger partial charge on any atom is -0.0533 e. The van der Waals surface area contributed by atoms with Gasteiger partial charge in [-0.05, 0) is 0 Å². The van der Waals surface area contributed by atoms with E-state index in [4.69, 9.17) is 0 Å². The average molecular weight is 268 g/mol. The van der Waals surface area contributed by atoms with Crippen LogP contribution in [0.2, 0.25) is 0 Å². The summed E-state index contributed by atoms with van der Waals surface area (Å²) in [5.41, 5.74) is 0. The minimum absolute atomic E-state index is 0. The summed E-state index contributed by atoms with van der Waals surface area (Å²) in [4.78, 5) is 0. The third-order valence-electron chi connectivity index (χ3n) is 2.46. The largest absolute Gasteiger partial charge is 0.344 e. The molecule has 1 nitrogen and oxygen atoms in total. The molecule has 0 radical (unpaired) electrons. The molecule has 0 rings (SSSR count). The van der Waals surface area contributed by atoms with E-state index in [-0.39, 0.29) is 23.1 Å². The van der Waals surface area contributed by atoms with Crippen molar-refractivity contribution in [1.29, 1.82) is 0 Å². The van der Waals surface area contributed by atoms with E-state index in [0.29, 0.717) is 0 Å². The molecule has 0 bridgehead atoms. The highest BCUT2D eigenvalue weighted by molar-refractivity contribution is 8.93. The van der Waals surface area contributed by atoms with E-state index in [1.54, 1.807) is 0 Å². The highest BCUT2D eigenvalue weighted by Gasteiger charge is 1.90. The normalized spacial score (nSPS) is 9.00. The van der Waals surface area contributed by atoms with Crippen molar-refractivity contribution in [3.8, 4) is 0 Å². The Bertz CT molecular complexity index is 66.7. The van der Waals surface area contributed by atoms with Crippen molar-refractivity contribution < 1.29 is 0 Å². The third-order valence-corrected chi connectivity index (χ3v) is 2.46. The van der Waals surface area contributed by atoms with Gasteiger partial charge in [-0.15, -0.1) is 17.0 Å². The van der Waals surface area contributed by atoms with Gasteiger partial charge in [0.05, 0.1) is 0 Å². The summed E-state index contributed by atoms with van der Waals surface area (Å²) in [6.07, 6.45) is 14.4. The van der Waals surface area contributed by atoms with Crippen molar-refractivity contribution in [2.75, 3.05) is 0 Å². The fraction of sp³-hybridized carbons (Fsp3) is 1.00. The number of rotatable bonds is 9. The summed E-state index contributed by atoms with van der Waals surface area (Å²) in [5.74, 6) is 0. The van der Waals surface area contributed by atoms with E-state index < -0.39 is 0 Å². The molecule has 0 spiro atoms. The van der Waals surface area contributed by atoms with Gasteiger partial charge in [0, 0.05) is 0 Å². The second-order valence-corrected chi connectivity index (χ2v) is 3.83. The van der Waals surface area contributed by atoms with E-state index in [0.717, 1.165) is 0 Å². The molecule has 0 amide bonds. The lowest BCUT2D eigenvalue weighted by atomic mass is 10.1. The Kier molecular flexibility index (Phi) is 27.2. The lowest BCUT2D eigenvalue weighted by Crippen LogP contribution is -1.80. The molecule has 3 N–H and O–H groups in total. The summed E-state index contributed by atoms with van der Waals surface area (Å²) in [5, 5.41) is 0. The Morgan fingerprint density at radius 3 is 0.929 bits per heavy atom. The van der Waals surface area contributed by atoms with E-state index in [9.17, 15) is 0 Å². The molecule has 0 heterocycles. The van der Waals surface area contributed by atoms with Crippen LogP contribution < -0.4 is 6.15 Å². The van der Waals surface area contributed by atoms with Crippen LogP contribution in [0.4, 0.5) is 0 Å². The molecule has 14 heavy (non-hydrogen) atoms. The van der Waals surface area contributed by atoms with Crippen LogP contribution in [0.25, 0.3) is 0 Å². The second-order valence-electron chi connectivity index (χ2n) is 3.83. The predicted molar refractivity (Wildman–Crippen MR) is 72.9 cm³/mol. The van der Waals surface area contributed by atoms with Crippen LogP contribution in [-0.4, -0.2) is 0 Å². The summed E-state index contributed by atoms with van der Waals surface area (Å²) >= 11 is 0. The Labute approximate surface area is 101 Å². The van der Waals surface area contributed by atoms with Crippen LogP contribution in [0.5, 0.6) is 0 Å². The van der Waals surface area contributed by atoms with Crippen molar-refractivity contribution in [3.63, 3.8) is 0 Å². The zero-order valence-corrected chi connectivity index (χ0v) is 11.9. The maximum atomic E-state index is 2.28. The molecule has 0 unspecified atom stereocenters. The van der Waals surface area contributed by atoms with Gasteiger partial charge in [-0.3, -0.25) is 0 Å². The molecule has 0 aliphatic heterocycles. The first-order chi connectivity index (χ1) is 5.91. The van der Waals surface area contributed by atoms with Gasteiger partial charge in [-0.1, -0.05) is 78.1 Å². The van der Waals surface area contributed by atoms with Crippen molar-refractivity contribution >= 4 is 17.0 Å². The van der Waals surface area contributed by atoms with Crippen LogP contribution in [-0.2, 0) is 0 Å². The average Bonchev–Trinajstić information content (AvgIpc) is 2.10. The van der Waals surface area contributed by atoms with Gasteiger partial charge in [0.1, 0.15) is 0 Å². The minimum atomic E-state index is 0. The van der Waals surface area contributed by atoms with Crippen molar-refractivity contribution in [2.45, 2.75) is 78.1 Å². The molecular weight excluding hydrogens is 238 g/mol. The van der Waals surface area contributed by atoms with Crippen LogP contribution in [0.1, 0.15) is 78.1 Å². The smallest absolute Gasteiger partial charge is 0.0533 e. The molecule has 0 atom stereocenters. The topological polar surface area (TPSA) is 35.0 Å². The monoisotopic (exact) mass is 267 g/mol. The number of hydrogen-bond donors (Lipinski definition) is 1. The molecule has 0 aromatic rings. The SMILES string of the molecule is Br.CCCCCCCCCCCC.N. The van der Waals surface area contributed by atoms with E-state index in [1.165, 1.54) is 64.2 Å². The standard InChI is InChI=1S/C12H26.BrH.H3N/c1-3-5-7-9-11-12-10-8-6-4-2;;/h3-12H2,1-2H3;1H;1H3. The highest BCUT2D eigenvalue weighted by Crippen LogP contribution is 2.09. The van der Waals surface area contributed by atoms with Crippen molar-refractivity contribution in [2.24, 2.45) is 0 Å². The first kappa shape index (κ1) is 19.9. The van der Waals surface area contributed by atoms with Crippen LogP contribution in [0, 0.1) is 0 Å². The van der Waals surface area contributed by atoms with E-state index in [1.807, 2.05) is 0 Å². The van der Waals surface area contributed by atoms with Crippen LogP contribution in [0.15, 0.2) is 0 Å². The van der Waals surface area contributed by atoms with Crippen LogP contribution >= 0.6 is 17.0 Å². The summed E-state index contributed by atoms with van der Waals surface area (Å²) in [7, 11) is 0. The Morgan fingerprint density at radius 2 is 0.714 bits per heavy atom. The van der Waals surface area contributed by atoms with Gasteiger partial charge >= 0.3 is 0 Å². The summed E-state index contributed by atoms with van der Waals surface area (Å²) < 4.78 is 0. The lowest BCUT2D eigenvalue weighted by molar-refractivity contribution is 0.562. The Balaban J connectivity index is -0.000000605. The Hall–Kier alpha value is 0.440. The van der Waals surface area contributed by atoms with Gasteiger partial charge in [0.15, 0.2) is 0 Å². The van der Waals surface area contributed by atoms with E-state index >= 15 is 0 Å². The fourth-order valence-corrected chi connectivity index (χ4v) is 1.56. The number of hydrogen-bond acceptors (Lipinski definition) is 1. The Morgan fingerprint density at radius 1 is 0.500 bits per heavy atom. The maximum absolute atomic E-state index is 2.28. The van der Waals surface area contributed by atoms with Gasteiger partial charge in [0.25, 0.3) is 0 Å².